The molecule has 0 saturated carbocycles. The molecular weight excluding hydrogens is 199 g/mol. The molecule has 4 N–H and O–H groups in total. The molecule has 1 rings (SSSR count). The molecule has 54 valence electrons. The molecule has 1 aromatic rings. The van der Waals surface area contributed by atoms with Crippen LogP contribution in [0.4, 0.5) is 15.8 Å². The number of hydrogen-bond acceptors (Lipinski definition) is 2. The molecule has 1 aromatic carbocycles. The predicted molar refractivity (Wildman–Crippen MR) is 42.9 cm³/mol. The first kappa shape index (κ1) is 7.34. The second-order valence-corrected chi connectivity index (χ2v) is 2.72. The Morgan fingerprint density at radius 1 is 1.30 bits per heavy atom. The molecule has 0 spiro atoms. The summed E-state index contributed by atoms with van der Waals surface area (Å²) in [4.78, 5) is 0. The lowest BCUT2D eigenvalue weighted by Crippen LogP contribution is -1.97. The van der Waals surface area contributed by atoms with Gasteiger partial charge in [0.1, 0.15) is 0 Å². The first-order valence-corrected chi connectivity index (χ1v) is 3.41. The van der Waals surface area contributed by atoms with Crippen LogP contribution in [-0.4, -0.2) is 0 Å². The molecule has 0 unspecified atom stereocenters. The number of hydrogen-bond donors (Lipinski definition) is 2. The van der Waals surface area contributed by atoms with Crippen molar-refractivity contribution in [1.82, 2.24) is 0 Å². The Hall–Kier alpha value is -0.770. The zero-order chi connectivity index (χ0) is 7.72. The summed E-state index contributed by atoms with van der Waals surface area (Å²) in [6, 6.07) is 3.06. The van der Waals surface area contributed by atoms with Crippen LogP contribution in [0.5, 0.6) is 0 Å². The van der Waals surface area contributed by atoms with E-state index < -0.39 is 5.82 Å². The zero-order valence-corrected chi connectivity index (χ0v) is 6.65. The second kappa shape index (κ2) is 2.46. The fourth-order valence-electron chi connectivity index (χ4n) is 0.586. The predicted octanol–water partition coefficient (Wildman–Crippen LogP) is 1.75. The number of benzene rings is 1. The lowest BCUT2D eigenvalue weighted by Gasteiger charge is -2.00. The summed E-state index contributed by atoms with van der Waals surface area (Å²) >= 11 is 3.06. The van der Waals surface area contributed by atoms with Crippen LogP contribution in [0, 0.1) is 5.82 Å². The summed E-state index contributed by atoms with van der Waals surface area (Å²) in [5.41, 5.74) is 10.6. The number of anilines is 2. The maximum atomic E-state index is 12.7. The first-order valence-electron chi connectivity index (χ1n) is 2.62. The van der Waals surface area contributed by atoms with Crippen molar-refractivity contribution in [2.75, 3.05) is 11.5 Å². The Balaban J connectivity index is 3.34. The number of halogens is 2. The van der Waals surface area contributed by atoms with Crippen LogP contribution in [0.2, 0.25) is 0 Å². The normalized spacial score (nSPS) is 9.80. The van der Waals surface area contributed by atoms with Crippen molar-refractivity contribution in [3.8, 4) is 0 Å². The van der Waals surface area contributed by atoms with E-state index in [1.807, 2.05) is 0 Å². The SMILES string of the molecule is Nc1ccc(Br)c(N)c1F. The van der Waals surface area contributed by atoms with Gasteiger partial charge in [0.05, 0.1) is 11.4 Å². The highest BCUT2D eigenvalue weighted by atomic mass is 79.9. The van der Waals surface area contributed by atoms with Gasteiger partial charge in [0.25, 0.3) is 0 Å². The first-order chi connectivity index (χ1) is 4.63. The highest BCUT2D eigenvalue weighted by Crippen LogP contribution is 2.25. The van der Waals surface area contributed by atoms with Gasteiger partial charge < -0.3 is 11.5 Å². The highest BCUT2D eigenvalue weighted by Gasteiger charge is 2.04. The molecule has 10 heavy (non-hydrogen) atoms. The Bertz CT molecular complexity index is 235. The molecule has 0 aliphatic carbocycles. The van der Waals surface area contributed by atoms with Gasteiger partial charge in [-0.2, -0.15) is 0 Å². The number of nitrogens with two attached hydrogens (primary N) is 2. The number of nitrogen functional groups attached to an aromatic ring is 2. The maximum absolute atomic E-state index is 12.7. The van der Waals surface area contributed by atoms with E-state index in [1.165, 1.54) is 6.07 Å². The summed E-state index contributed by atoms with van der Waals surface area (Å²) in [5.74, 6) is -0.561. The van der Waals surface area contributed by atoms with E-state index in [1.54, 1.807) is 6.07 Å². The molecule has 0 aliphatic rings. The molecule has 0 saturated heterocycles. The smallest absolute Gasteiger partial charge is 0.170 e. The Morgan fingerprint density at radius 3 is 2.40 bits per heavy atom. The molecule has 0 fully saturated rings. The van der Waals surface area contributed by atoms with E-state index in [-0.39, 0.29) is 11.4 Å². The van der Waals surface area contributed by atoms with Crippen molar-refractivity contribution in [2.24, 2.45) is 0 Å². The van der Waals surface area contributed by atoms with Crippen molar-refractivity contribution in [3.63, 3.8) is 0 Å². The molecule has 0 atom stereocenters. The fourth-order valence-corrected chi connectivity index (χ4v) is 0.892. The van der Waals surface area contributed by atoms with Gasteiger partial charge in [-0.3, -0.25) is 0 Å². The van der Waals surface area contributed by atoms with E-state index in [0.717, 1.165) is 0 Å². The van der Waals surface area contributed by atoms with Gasteiger partial charge in [-0.25, -0.2) is 4.39 Å². The average molecular weight is 205 g/mol. The van der Waals surface area contributed by atoms with Crippen molar-refractivity contribution in [2.45, 2.75) is 0 Å². The zero-order valence-electron chi connectivity index (χ0n) is 5.07. The molecule has 0 radical (unpaired) electrons. The minimum Gasteiger partial charge on any atom is -0.396 e. The van der Waals surface area contributed by atoms with Gasteiger partial charge in [-0.1, -0.05) is 0 Å². The maximum Gasteiger partial charge on any atom is 0.170 e. The molecular formula is C6H6BrFN2. The van der Waals surface area contributed by atoms with Gasteiger partial charge in [0, 0.05) is 4.47 Å². The second-order valence-electron chi connectivity index (χ2n) is 1.86. The third-order valence-corrected chi connectivity index (χ3v) is 1.85. The van der Waals surface area contributed by atoms with Gasteiger partial charge >= 0.3 is 0 Å². The Morgan fingerprint density at radius 2 is 1.90 bits per heavy atom. The van der Waals surface area contributed by atoms with E-state index in [4.69, 9.17) is 11.5 Å². The van der Waals surface area contributed by atoms with Crippen LogP contribution in [-0.2, 0) is 0 Å². The fraction of sp³-hybridized carbons (Fsp3) is 0. The molecule has 0 heterocycles. The quantitative estimate of drug-likeness (QED) is 0.634. The molecule has 0 amide bonds. The molecule has 0 aliphatic heterocycles. The standard InChI is InChI=1S/C6H6BrFN2/c7-3-1-2-4(9)5(8)6(3)10/h1-2H,9-10H2. The summed E-state index contributed by atoms with van der Waals surface area (Å²) in [5, 5.41) is 0. The Kier molecular flexibility index (Phi) is 1.80. The van der Waals surface area contributed by atoms with E-state index in [9.17, 15) is 4.39 Å². The van der Waals surface area contributed by atoms with Gasteiger partial charge in [-0.05, 0) is 28.1 Å². The molecule has 0 bridgehead atoms. The van der Waals surface area contributed by atoms with E-state index >= 15 is 0 Å². The molecule has 2 nitrogen and oxygen atoms in total. The summed E-state index contributed by atoms with van der Waals surface area (Å²) in [7, 11) is 0. The lowest BCUT2D eigenvalue weighted by molar-refractivity contribution is 0.636. The Labute approximate surface area is 66.1 Å². The summed E-state index contributed by atoms with van der Waals surface area (Å²) in [6.07, 6.45) is 0. The minimum absolute atomic E-state index is 0.0556. The van der Waals surface area contributed by atoms with E-state index in [2.05, 4.69) is 15.9 Å². The van der Waals surface area contributed by atoms with Crippen molar-refractivity contribution in [1.29, 1.82) is 0 Å². The topological polar surface area (TPSA) is 52.0 Å². The van der Waals surface area contributed by atoms with E-state index in [0.29, 0.717) is 4.47 Å². The highest BCUT2D eigenvalue weighted by molar-refractivity contribution is 9.10. The van der Waals surface area contributed by atoms with Crippen LogP contribution in [0.25, 0.3) is 0 Å². The van der Waals surface area contributed by atoms with Gasteiger partial charge in [0.2, 0.25) is 0 Å². The summed E-state index contributed by atoms with van der Waals surface area (Å²) in [6.45, 7) is 0. The minimum atomic E-state index is -0.561. The number of rotatable bonds is 0. The molecule has 4 heteroatoms. The van der Waals surface area contributed by atoms with Gasteiger partial charge in [-0.15, -0.1) is 0 Å². The van der Waals surface area contributed by atoms with Crippen molar-refractivity contribution < 1.29 is 4.39 Å². The van der Waals surface area contributed by atoms with Crippen LogP contribution >= 0.6 is 15.9 Å². The van der Waals surface area contributed by atoms with Crippen LogP contribution < -0.4 is 11.5 Å². The van der Waals surface area contributed by atoms with Crippen LogP contribution in [0.15, 0.2) is 16.6 Å². The monoisotopic (exact) mass is 204 g/mol. The van der Waals surface area contributed by atoms with Crippen LogP contribution in [0.1, 0.15) is 0 Å². The third-order valence-electron chi connectivity index (χ3n) is 1.16. The van der Waals surface area contributed by atoms with Crippen LogP contribution in [0.3, 0.4) is 0 Å². The average Bonchev–Trinajstić information content (AvgIpc) is 1.93. The lowest BCUT2D eigenvalue weighted by atomic mass is 10.3. The molecule has 0 aromatic heterocycles. The largest absolute Gasteiger partial charge is 0.396 e. The summed E-state index contributed by atoms with van der Waals surface area (Å²) < 4.78 is 13.2. The third kappa shape index (κ3) is 1.07. The van der Waals surface area contributed by atoms with Gasteiger partial charge in [0.15, 0.2) is 5.82 Å². The van der Waals surface area contributed by atoms with Crippen molar-refractivity contribution in [3.05, 3.63) is 22.4 Å². The van der Waals surface area contributed by atoms with Crippen molar-refractivity contribution >= 4 is 27.3 Å².